The second kappa shape index (κ2) is 10.1. The third-order valence-corrected chi connectivity index (χ3v) is 3.71. The highest BCUT2D eigenvalue weighted by atomic mass is 16.5. The summed E-state index contributed by atoms with van der Waals surface area (Å²) >= 11 is 0. The van der Waals surface area contributed by atoms with Crippen LogP contribution in [-0.2, 0) is 6.54 Å². The van der Waals surface area contributed by atoms with E-state index in [1.165, 1.54) is 0 Å². The van der Waals surface area contributed by atoms with Gasteiger partial charge in [-0.15, -0.1) is 0 Å². The van der Waals surface area contributed by atoms with Crippen LogP contribution in [0, 0.1) is 11.3 Å². The number of nitrogens with one attached hydrogen (secondary N) is 1. The van der Waals surface area contributed by atoms with Crippen LogP contribution in [0.1, 0.15) is 42.3 Å². The molecule has 0 aliphatic carbocycles. The Morgan fingerprint density at radius 1 is 0.963 bits per heavy atom. The van der Waals surface area contributed by atoms with Crippen molar-refractivity contribution in [2.24, 2.45) is 0 Å². The predicted octanol–water partition coefficient (Wildman–Crippen LogP) is 3.68. The molecule has 0 saturated heterocycles. The first-order valence-corrected chi connectivity index (χ1v) is 8.96. The lowest BCUT2D eigenvalue weighted by Gasteiger charge is -2.17. The van der Waals surface area contributed by atoms with Crippen LogP contribution < -0.4 is 19.5 Å². The number of amides is 1. The minimum absolute atomic E-state index is 0.246. The minimum atomic E-state index is -0.246. The van der Waals surface area contributed by atoms with Crippen molar-refractivity contribution in [3.63, 3.8) is 0 Å². The number of hydrogen-bond acceptors (Lipinski definition) is 5. The van der Waals surface area contributed by atoms with Crippen molar-refractivity contribution >= 4 is 5.91 Å². The molecule has 1 amide bonds. The molecular weight excluding hydrogens is 344 g/mol. The molecule has 0 radical (unpaired) electrons. The standard InChI is InChI=1S/C21H24N2O4/c1-4-25-18-11-17(12-19(26-5-2)20(18)27-6-3)21(24)23-14-16-9-7-15(13-22)8-10-16/h7-12H,4-6,14H2,1-3H3,(H,23,24). The first-order valence-electron chi connectivity index (χ1n) is 8.96. The Hall–Kier alpha value is -3.20. The third-order valence-electron chi connectivity index (χ3n) is 3.71. The molecule has 142 valence electrons. The summed E-state index contributed by atoms with van der Waals surface area (Å²) in [6.07, 6.45) is 0. The Kier molecular flexibility index (Phi) is 7.50. The molecule has 0 aromatic heterocycles. The van der Waals surface area contributed by atoms with Gasteiger partial charge in [0.15, 0.2) is 11.5 Å². The fraction of sp³-hybridized carbons (Fsp3) is 0.333. The SMILES string of the molecule is CCOc1cc(C(=O)NCc2ccc(C#N)cc2)cc(OCC)c1OCC. The van der Waals surface area contributed by atoms with Crippen LogP contribution in [0.3, 0.4) is 0 Å². The van der Waals surface area contributed by atoms with Gasteiger partial charge in [-0.1, -0.05) is 12.1 Å². The van der Waals surface area contributed by atoms with Gasteiger partial charge in [-0.2, -0.15) is 5.26 Å². The highest BCUT2D eigenvalue weighted by Gasteiger charge is 2.18. The molecule has 0 aliphatic heterocycles. The molecule has 2 aromatic rings. The van der Waals surface area contributed by atoms with E-state index in [1.54, 1.807) is 24.3 Å². The molecule has 0 spiro atoms. The number of carbonyl (C=O) groups is 1. The first-order chi connectivity index (χ1) is 13.1. The zero-order valence-electron chi connectivity index (χ0n) is 15.9. The Balaban J connectivity index is 2.21. The fourth-order valence-electron chi connectivity index (χ4n) is 2.50. The minimum Gasteiger partial charge on any atom is -0.490 e. The second-order valence-corrected chi connectivity index (χ2v) is 5.59. The molecule has 0 unspecified atom stereocenters. The van der Waals surface area contributed by atoms with Crippen LogP contribution in [0.2, 0.25) is 0 Å². The van der Waals surface area contributed by atoms with Gasteiger partial charge in [-0.3, -0.25) is 4.79 Å². The van der Waals surface area contributed by atoms with Crippen molar-refractivity contribution in [1.82, 2.24) is 5.32 Å². The average molecular weight is 368 g/mol. The highest BCUT2D eigenvalue weighted by Crippen LogP contribution is 2.39. The maximum atomic E-state index is 12.6. The molecule has 0 saturated carbocycles. The van der Waals surface area contributed by atoms with Gasteiger partial charge in [0.2, 0.25) is 5.75 Å². The molecule has 0 atom stereocenters. The van der Waals surface area contributed by atoms with Gasteiger partial charge in [0.05, 0.1) is 31.5 Å². The van der Waals surface area contributed by atoms with Crippen LogP contribution in [0.4, 0.5) is 0 Å². The molecule has 0 aliphatic rings. The van der Waals surface area contributed by atoms with Gasteiger partial charge in [-0.25, -0.2) is 0 Å². The first kappa shape index (κ1) is 20.1. The Morgan fingerprint density at radius 2 is 1.52 bits per heavy atom. The van der Waals surface area contributed by atoms with Gasteiger partial charge < -0.3 is 19.5 Å². The van der Waals surface area contributed by atoms with Crippen molar-refractivity contribution in [2.75, 3.05) is 19.8 Å². The maximum absolute atomic E-state index is 12.6. The van der Waals surface area contributed by atoms with E-state index in [-0.39, 0.29) is 5.91 Å². The van der Waals surface area contributed by atoms with E-state index < -0.39 is 0 Å². The number of carbonyl (C=O) groups excluding carboxylic acids is 1. The van der Waals surface area contributed by atoms with E-state index in [0.29, 0.717) is 54.7 Å². The number of benzene rings is 2. The summed E-state index contributed by atoms with van der Waals surface area (Å²) < 4.78 is 16.9. The molecule has 6 nitrogen and oxygen atoms in total. The van der Waals surface area contributed by atoms with Crippen LogP contribution in [0.15, 0.2) is 36.4 Å². The molecule has 27 heavy (non-hydrogen) atoms. The Bertz CT molecular complexity index is 783. The van der Waals surface area contributed by atoms with Crippen molar-refractivity contribution < 1.29 is 19.0 Å². The van der Waals surface area contributed by atoms with Crippen molar-refractivity contribution in [3.05, 3.63) is 53.1 Å². The van der Waals surface area contributed by atoms with E-state index >= 15 is 0 Å². The Labute approximate surface area is 159 Å². The maximum Gasteiger partial charge on any atom is 0.251 e. The number of hydrogen-bond donors (Lipinski definition) is 1. The van der Waals surface area contributed by atoms with Crippen molar-refractivity contribution in [3.8, 4) is 23.3 Å². The summed E-state index contributed by atoms with van der Waals surface area (Å²) in [6, 6.07) is 12.5. The van der Waals surface area contributed by atoms with Crippen LogP contribution in [-0.4, -0.2) is 25.7 Å². The van der Waals surface area contributed by atoms with Crippen LogP contribution in [0.25, 0.3) is 0 Å². The van der Waals surface area contributed by atoms with E-state index in [0.717, 1.165) is 5.56 Å². The monoisotopic (exact) mass is 368 g/mol. The lowest BCUT2D eigenvalue weighted by molar-refractivity contribution is 0.0949. The number of nitrogens with zero attached hydrogens (tertiary/aromatic N) is 1. The molecular formula is C21H24N2O4. The zero-order valence-corrected chi connectivity index (χ0v) is 15.9. The van der Waals surface area contributed by atoms with E-state index in [2.05, 4.69) is 11.4 Å². The van der Waals surface area contributed by atoms with Gasteiger partial charge in [0.25, 0.3) is 5.91 Å². The highest BCUT2D eigenvalue weighted by molar-refractivity contribution is 5.95. The summed E-state index contributed by atoms with van der Waals surface area (Å²) in [5.41, 5.74) is 1.92. The Morgan fingerprint density at radius 3 is 2.00 bits per heavy atom. The van der Waals surface area contributed by atoms with Crippen molar-refractivity contribution in [1.29, 1.82) is 5.26 Å². The summed E-state index contributed by atoms with van der Waals surface area (Å²) in [6.45, 7) is 7.32. The lowest BCUT2D eigenvalue weighted by atomic mass is 10.1. The van der Waals surface area contributed by atoms with Gasteiger partial charge >= 0.3 is 0 Å². The van der Waals surface area contributed by atoms with Crippen LogP contribution >= 0.6 is 0 Å². The van der Waals surface area contributed by atoms with Gasteiger partial charge in [0, 0.05) is 12.1 Å². The molecule has 2 rings (SSSR count). The van der Waals surface area contributed by atoms with E-state index in [1.807, 2.05) is 32.9 Å². The molecule has 6 heteroatoms. The third kappa shape index (κ3) is 5.38. The largest absolute Gasteiger partial charge is 0.490 e. The summed E-state index contributed by atoms with van der Waals surface area (Å²) in [5.74, 6) is 1.22. The normalized spacial score (nSPS) is 10.0. The molecule has 0 fully saturated rings. The zero-order chi connectivity index (χ0) is 19.6. The lowest BCUT2D eigenvalue weighted by Crippen LogP contribution is -2.23. The van der Waals surface area contributed by atoms with E-state index in [9.17, 15) is 4.79 Å². The topological polar surface area (TPSA) is 80.6 Å². The molecule has 1 N–H and O–H groups in total. The van der Waals surface area contributed by atoms with Crippen molar-refractivity contribution in [2.45, 2.75) is 27.3 Å². The van der Waals surface area contributed by atoms with Crippen LogP contribution in [0.5, 0.6) is 17.2 Å². The fourth-order valence-corrected chi connectivity index (χ4v) is 2.50. The van der Waals surface area contributed by atoms with Gasteiger partial charge in [0.1, 0.15) is 0 Å². The summed E-state index contributed by atoms with van der Waals surface area (Å²) in [4.78, 5) is 12.6. The van der Waals surface area contributed by atoms with Gasteiger partial charge in [-0.05, 0) is 50.6 Å². The molecule has 0 bridgehead atoms. The number of ether oxygens (including phenoxy) is 3. The number of rotatable bonds is 9. The second-order valence-electron chi connectivity index (χ2n) is 5.59. The smallest absolute Gasteiger partial charge is 0.251 e. The average Bonchev–Trinajstić information content (AvgIpc) is 2.69. The summed E-state index contributed by atoms with van der Waals surface area (Å²) in [5, 5.41) is 11.7. The quantitative estimate of drug-likeness (QED) is 0.730. The molecule has 2 aromatic carbocycles. The molecule has 0 heterocycles. The predicted molar refractivity (Wildman–Crippen MR) is 102 cm³/mol. The number of nitriles is 1. The van der Waals surface area contributed by atoms with E-state index in [4.69, 9.17) is 19.5 Å². The summed E-state index contributed by atoms with van der Waals surface area (Å²) in [7, 11) is 0.